The summed E-state index contributed by atoms with van der Waals surface area (Å²) in [6.07, 6.45) is 0.347. The fourth-order valence-electron chi connectivity index (χ4n) is 1.93. The number of ether oxygens (including phenoxy) is 1. The molecular formula is C13H15NO5S. The third-order valence-electron chi connectivity index (χ3n) is 3.03. The highest BCUT2D eigenvalue weighted by Gasteiger charge is 2.48. The van der Waals surface area contributed by atoms with Gasteiger partial charge in [-0.15, -0.1) is 11.3 Å². The molecule has 1 fully saturated rings. The van der Waals surface area contributed by atoms with E-state index in [-0.39, 0.29) is 12.5 Å². The maximum Gasteiger partial charge on any atom is 0.341 e. The fourth-order valence-corrected chi connectivity index (χ4v) is 2.83. The predicted octanol–water partition coefficient (Wildman–Crippen LogP) is 1.89. The Morgan fingerprint density at radius 3 is 2.70 bits per heavy atom. The van der Waals surface area contributed by atoms with Crippen molar-refractivity contribution in [2.75, 3.05) is 11.9 Å². The normalized spacial score (nSPS) is 20.3. The summed E-state index contributed by atoms with van der Waals surface area (Å²) in [5.74, 6) is -2.92. The molecule has 1 heterocycles. The van der Waals surface area contributed by atoms with Crippen LogP contribution in [-0.4, -0.2) is 29.6 Å². The van der Waals surface area contributed by atoms with Gasteiger partial charge in [-0.1, -0.05) is 0 Å². The Morgan fingerprint density at radius 2 is 2.15 bits per heavy atom. The molecule has 1 aliphatic rings. The summed E-state index contributed by atoms with van der Waals surface area (Å²) in [7, 11) is 0. The molecule has 0 spiro atoms. The Kier molecular flexibility index (Phi) is 4.08. The highest BCUT2D eigenvalue weighted by atomic mass is 32.1. The molecule has 1 aromatic heterocycles. The van der Waals surface area contributed by atoms with Gasteiger partial charge >= 0.3 is 11.9 Å². The molecule has 0 bridgehead atoms. The molecular weight excluding hydrogens is 282 g/mol. The largest absolute Gasteiger partial charge is 0.481 e. The zero-order valence-corrected chi connectivity index (χ0v) is 12.0. The molecule has 1 aliphatic carbocycles. The Balaban J connectivity index is 2.08. The molecule has 0 radical (unpaired) electrons. The molecule has 20 heavy (non-hydrogen) atoms. The van der Waals surface area contributed by atoms with Crippen molar-refractivity contribution in [3.8, 4) is 0 Å². The lowest BCUT2D eigenvalue weighted by Crippen LogP contribution is -2.18. The molecule has 0 aromatic carbocycles. The summed E-state index contributed by atoms with van der Waals surface area (Å²) in [6.45, 7) is 3.78. The molecule has 2 unspecified atom stereocenters. The van der Waals surface area contributed by atoms with Crippen LogP contribution in [0.5, 0.6) is 0 Å². The van der Waals surface area contributed by atoms with E-state index in [2.05, 4.69) is 5.32 Å². The maximum atomic E-state index is 11.9. The summed E-state index contributed by atoms with van der Waals surface area (Å²) in [5.41, 5.74) is 0.315. The van der Waals surface area contributed by atoms with Gasteiger partial charge in [-0.05, 0) is 26.3 Å². The highest BCUT2D eigenvalue weighted by molar-refractivity contribution is 7.16. The third kappa shape index (κ3) is 2.98. The van der Waals surface area contributed by atoms with Gasteiger partial charge < -0.3 is 15.2 Å². The lowest BCUT2D eigenvalue weighted by Gasteiger charge is -2.05. The van der Waals surface area contributed by atoms with Gasteiger partial charge in [0.25, 0.3) is 0 Å². The van der Waals surface area contributed by atoms with E-state index in [1.807, 2.05) is 6.92 Å². The van der Waals surface area contributed by atoms with E-state index in [9.17, 15) is 14.4 Å². The highest BCUT2D eigenvalue weighted by Crippen LogP contribution is 2.40. The number of carboxylic acids is 1. The van der Waals surface area contributed by atoms with Crippen LogP contribution in [0.4, 0.5) is 5.00 Å². The Bertz CT molecular complexity index is 565. The summed E-state index contributed by atoms with van der Waals surface area (Å²) >= 11 is 1.27. The Morgan fingerprint density at radius 1 is 1.45 bits per heavy atom. The number of carbonyl (C=O) groups excluding carboxylic acids is 2. The number of carboxylic acid groups (broad SMARTS) is 1. The minimum absolute atomic E-state index is 0.255. The smallest absolute Gasteiger partial charge is 0.341 e. The van der Waals surface area contributed by atoms with E-state index in [0.717, 1.165) is 4.88 Å². The van der Waals surface area contributed by atoms with Gasteiger partial charge in [0.2, 0.25) is 5.91 Å². The summed E-state index contributed by atoms with van der Waals surface area (Å²) in [5, 5.41) is 11.9. The minimum Gasteiger partial charge on any atom is -0.481 e. The third-order valence-corrected chi connectivity index (χ3v) is 4.00. The predicted molar refractivity (Wildman–Crippen MR) is 72.9 cm³/mol. The van der Waals surface area contributed by atoms with Crippen molar-refractivity contribution in [3.05, 3.63) is 16.5 Å². The topological polar surface area (TPSA) is 92.7 Å². The Hall–Kier alpha value is -1.89. The first kappa shape index (κ1) is 14.5. The van der Waals surface area contributed by atoms with Gasteiger partial charge in [0.15, 0.2) is 0 Å². The van der Waals surface area contributed by atoms with Crippen LogP contribution in [0.3, 0.4) is 0 Å². The Labute approximate surface area is 119 Å². The van der Waals surface area contributed by atoms with Crippen LogP contribution in [-0.2, 0) is 14.3 Å². The minimum atomic E-state index is -0.960. The first-order valence-corrected chi connectivity index (χ1v) is 7.07. The van der Waals surface area contributed by atoms with Crippen LogP contribution in [0, 0.1) is 18.8 Å². The number of anilines is 1. The zero-order valence-electron chi connectivity index (χ0n) is 11.1. The van der Waals surface area contributed by atoms with Crippen molar-refractivity contribution in [3.63, 3.8) is 0 Å². The lowest BCUT2D eigenvalue weighted by molar-refractivity contribution is -0.139. The quantitative estimate of drug-likeness (QED) is 0.810. The van der Waals surface area contributed by atoms with Gasteiger partial charge in [0.05, 0.1) is 24.0 Å². The van der Waals surface area contributed by atoms with Crippen molar-refractivity contribution in [1.82, 2.24) is 0 Å². The lowest BCUT2D eigenvalue weighted by atomic mass is 10.2. The molecule has 6 nitrogen and oxygen atoms in total. The van der Waals surface area contributed by atoms with Crippen molar-refractivity contribution in [1.29, 1.82) is 0 Å². The summed E-state index contributed by atoms with van der Waals surface area (Å²) < 4.78 is 4.92. The summed E-state index contributed by atoms with van der Waals surface area (Å²) in [4.78, 5) is 35.3. The van der Waals surface area contributed by atoms with Crippen molar-refractivity contribution in [2.24, 2.45) is 11.8 Å². The van der Waals surface area contributed by atoms with Crippen LogP contribution < -0.4 is 5.32 Å². The molecule has 2 atom stereocenters. The number of aryl methyl sites for hydroxylation is 1. The second-order valence-electron chi connectivity index (χ2n) is 4.60. The molecule has 2 N–H and O–H groups in total. The van der Waals surface area contributed by atoms with Crippen LogP contribution >= 0.6 is 11.3 Å². The van der Waals surface area contributed by atoms with Crippen molar-refractivity contribution in [2.45, 2.75) is 20.3 Å². The molecule has 7 heteroatoms. The number of esters is 1. The van der Waals surface area contributed by atoms with Crippen LogP contribution in [0.15, 0.2) is 6.07 Å². The molecule has 0 saturated heterocycles. The van der Waals surface area contributed by atoms with Gasteiger partial charge in [0.1, 0.15) is 5.00 Å². The van der Waals surface area contributed by atoms with E-state index in [0.29, 0.717) is 17.0 Å². The van der Waals surface area contributed by atoms with Gasteiger partial charge in [-0.3, -0.25) is 9.59 Å². The first-order chi connectivity index (χ1) is 9.43. The van der Waals surface area contributed by atoms with Crippen LogP contribution in [0.1, 0.15) is 28.6 Å². The first-order valence-electron chi connectivity index (χ1n) is 6.25. The molecule has 2 rings (SSSR count). The number of hydrogen-bond donors (Lipinski definition) is 2. The van der Waals surface area contributed by atoms with Gasteiger partial charge in [0, 0.05) is 4.88 Å². The average molecular weight is 297 g/mol. The number of thiophene rings is 1. The number of aliphatic carboxylic acids is 1. The molecule has 108 valence electrons. The SMILES string of the molecule is CCOC(=O)c1cc(C)sc1NC(=O)C1CC1C(=O)O. The van der Waals surface area contributed by atoms with Gasteiger partial charge in [-0.2, -0.15) is 0 Å². The molecule has 1 saturated carbocycles. The number of rotatable bonds is 5. The number of hydrogen-bond acceptors (Lipinski definition) is 5. The monoisotopic (exact) mass is 297 g/mol. The number of amides is 1. The number of carbonyl (C=O) groups is 3. The zero-order chi connectivity index (χ0) is 14.9. The number of nitrogens with one attached hydrogen (secondary N) is 1. The summed E-state index contributed by atoms with van der Waals surface area (Å²) in [6, 6.07) is 1.65. The van der Waals surface area contributed by atoms with E-state index in [4.69, 9.17) is 9.84 Å². The van der Waals surface area contributed by atoms with E-state index in [1.165, 1.54) is 11.3 Å². The maximum absolute atomic E-state index is 11.9. The van der Waals surface area contributed by atoms with Crippen molar-refractivity contribution >= 4 is 34.2 Å². The molecule has 0 aliphatic heterocycles. The fraction of sp³-hybridized carbons (Fsp3) is 0.462. The van der Waals surface area contributed by atoms with Crippen LogP contribution in [0.2, 0.25) is 0 Å². The average Bonchev–Trinajstić information content (AvgIpc) is 3.09. The van der Waals surface area contributed by atoms with E-state index in [1.54, 1.807) is 13.0 Å². The van der Waals surface area contributed by atoms with E-state index < -0.39 is 23.8 Å². The van der Waals surface area contributed by atoms with Crippen LogP contribution in [0.25, 0.3) is 0 Å². The van der Waals surface area contributed by atoms with E-state index >= 15 is 0 Å². The molecule has 1 aromatic rings. The second-order valence-corrected chi connectivity index (χ2v) is 5.85. The standard InChI is InChI=1S/C13H15NO5S/c1-3-19-13(18)9-4-6(2)20-11(9)14-10(15)7-5-8(7)12(16)17/h4,7-8H,3,5H2,1-2H3,(H,14,15)(H,16,17). The molecule has 1 amide bonds. The second kappa shape index (κ2) is 5.62. The van der Waals surface area contributed by atoms with Gasteiger partial charge in [-0.25, -0.2) is 4.79 Å². The van der Waals surface area contributed by atoms with Crippen molar-refractivity contribution < 1.29 is 24.2 Å².